The maximum atomic E-state index is 4.92. The van der Waals surface area contributed by atoms with E-state index in [1.165, 1.54) is 0 Å². The fourth-order valence-electron chi connectivity index (χ4n) is 0.444. The van der Waals surface area contributed by atoms with E-state index in [9.17, 15) is 0 Å². The van der Waals surface area contributed by atoms with Crippen LogP contribution in [0.25, 0.3) is 0 Å². The molecule has 1 radical (unpaired) electrons. The molecule has 0 aliphatic carbocycles. The molecule has 0 N–H and O–H groups in total. The van der Waals surface area contributed by atoms with Crippen LogP contribution >= 0.6 is 0 Å². The molecule has 0 bridgehead atoms. The van der Waals surface area contributed by atoms with E-state index < -0.39 is 0 Å². The standard InChI is InChI=1S/C9H13O/c1-5-9(10-4)7-6-8(2)3/h5-7H,1-2H2,3-4H3/b7-6-,9-5+. The smallest absolute Gasteiger partial charge is 0.114 e. The molecule has 55 valence electrons. The molecule has 0 aromatic rings. The second kappa shape index (κ2) is 4.86. The Morgan fingerprint density at radius 3 is 2.30 bits per heavy atom. The van der Waals surface area contributed by atoms with E-state index >= 15 is 0 Å². The lowest BCUT2D eigenvalue weighted by molar-refractivity contribution is 0.307. The molecular formula is C9H13O. The molecular weight excluding hydrogens is 124 g/mol. The summed E-state index contributed by atoms with van der Waals surface area (Å²) in [6.45, 7) is 9.20. The number of hydrogen-bond acceptors (Lipinski definition) is 1. The van der Waals surface area contributed by atoms with Crippen LogP contribution in [-0.4, -0.2) is 7.11 Å². The lowest BCUT2D eigenvalue weighted by atomic mass is 10.3. The number of allylic oxidation sites excluding steroid dienone is 4. The highest BCUT2D eigenvalue weighted by molar-refractivity contribution is 5.21. The Hall–Kier alpha value is -0.980. The first kappa shape index (κ1) is 9.02. The molecule has 0 rings (SSSR count). The number of hydrogen-bond donors (Lipinski definition) is 0. The second-order valence-corrected chi connectivity index (χ2v) is 1.99. The predicted octanol–water partition coefficient (Wildman–Crippen LogP) is 2.48. The van der Waals surface area contributed by atoms with Gasteiger partial charge in [0.15, 0.2) is 0 Å². The van der Waals surface area contributed by atoms with Crippen molar-refractivity contribution >= 4 is 0 Å². The Labute approximate surface area is 62.7 Å². The fourth-order valence-corrected chi connectivity index (χ4v) is 0.444. The Balaban J connectivity index is 3.98. The van der Waals surface area contributed by atoms with E-state index in [0.717, 1.165) is 11.3 Å². The summed E-state index contributed by atoms with van der Waals surface area (Å²) in [6.07, 6.45) is 5.36. The SMILES string of the molecule is [CH2]/C=C(\C=C/C(=C)C)OC. The van der Waals surface area contributed by atoms with Gasteiger partial charge in [0.25, 0.3) is 0 Å². The highest BCUT2D eigenvalue weighted by Gasteiger charge is 1.83. The summed E-state index contributed by atoms with van der Waals surface area (Å²) in [5.41, 5.74) is 0.997. The van der Waals surface area contributed by atoms with Crippen molar-refractivity contribution in [2.24, 2.45) is 0 Å². The van der Waals surface area contributed by atoms with Crippen LogP contribution in [0.2, 0.25) is 0 Å². The third-order valence-corrected chi connectivity index (χ3v) is 0.969. The molecule has 0 unspecified atom stereocenters. The summed E-state index contributed by atoms with van der Waals surface area (Å²) in [7, 11) is 1.61. The van der Waals surface area contributed by atoms with Crippen LogP contribution in [0.5, 0.6) is 0 Å². The van der Waals surface area contributed by atoms with Crippen LogP contribution in [-0.2, 0) is 4.74 Å². The molecule has 0 heterocycles. The summed E-state index contributed by atoms with van der Waals surface area (Å²) < 4.78 is 4.92. The van der Waals surface area contributed by atoms with Gasteiger partial charge in [0.2, 0.25) is 0 Å². The minimum atomic E-state index is 0.753. The maximum absolute atomic E-state index is 4.92. The van der Waals surface area contributed by atoms with Crippen molar-refractivity contribution in [3.05, 3.63) is 43.1 Å². The molecule has 0 amide bonds. The van der Waals surface area contributed by atoms with Crippen LogP contribution in [0.15, 0.2) is 36.1 Å². The summed E-state index contributed by atoms with van der Waals surface area (Å²) >= 11 is 0. The largest absolute Gasteiger partial charge is 0.497 e. The summed E-state index contributed by atoms with van der Waals surface area (Å²) in [5, 5.41) is 0. The number of ether oxygens (including phenoxy) is 1. The van der Waals surface area contributed by atoms with Crippen LogP contribution in [0, 0.1) is 6.92 Å². The molecule has 0 fully saturated rings. The molecule has 0 aromatic heterocycles. The van der Waals surface area contributed by atoms with Gasteiger partial charge < -0.3 is 4.74 Å². The van der Waals surface area contributed by atoms with Crippen molar-refractivity contribution in [3.8, 4) is 0 Å². The Morgan fingerprint density at radius 1 is 1.40 bits per heavy atom. The molecule has 1 heteroatoms. The van der Waals surface area contributed by atoms with Crippen LogP contribution in [0.1, 0.15) is 6.92 Å². The zero-order valence-corrected chi connectivity index (χ0v) is 6.55. The highest BCUT2D eigenvalue weighted by atomic mass is 16.5. The lowest BCUT2D eigenvalue weighted by Crippen LogP contribution is -1.79. The van der Waals surface area contributed by atoms with Crippen molar-refractivity contribution in [2.45, 2.75) is 6.92 Å². The summed E-state index contributed by atoms with van der Waals surface area (Å²) in [6, 6.07) is 0. The van der Waals surface area contributed by atoms with E-state index in [1.54, 1.807) is 13.2 Å². The molecule has 0 aliphatic rings. The summed E-state index contributed by atoms with van der Waals surface area (Å²) in [4.78, 5) is 0. The van der Waals surface area contributed by atoms with Crippen molar-refractivity contribution in [3.63, 3.8) is 0 Å². The van der Waals surface area contributed by atoms with Crippen LogP contribution in [0.4, 0.5) is 0 Å². The van der Waals surface area contributed by atoms with E-state index in [4.69, 9.17) is 4.74 Å². The zero-order chi connectivity index (χ0) is 7.98. The Morgan fingerprint density at radius 2 is 2.00 bits per heavy atom. The average Bonchev–Trinajstić information content (AvgIpc) is 1.90. The van der Waals surface area contributed by atoms with Gasteiger partial charge in [0, 0.05) is 0 Å². The van der Waals surface area contributed by atoms with Crippen molar-refractivity contribution in [1.82, 2.24) is 0 Å². The zero-order valence-electron chi connectivity index (χ0n) is 6.55. The first-order chi connectivity index (χ1) is 4.70. The van der Waals surface area contributed by atoms with Gasteiger partial charge in [-0.1, -0.05) is 18.2 Å². The number of rotatable bonds is 3. The van der Waals surface area contributed by atoms with E-state index in [0.29, 0.717) is 0 Å². The lowest BCUT2D eigenvalue weighted by Gasteiger charge is -1.96. The number of methoxy groups -OCH3 is 1. The molecule has 0 saturated heterocycles. The first-order valence-electron chi connectivity index (χ1n) is 3.07. The van der Waals surface area contributed by atoms with Crippen molar-refractivity contribution < 1.29 is 4.74 Å². The molecule has 10 heavy (non-hydrogen) atoms. The second-order valence-electron chi connectivity index (χ2n) is 1.99. The normalized spacial score (nSPS) is 12.1. The Bertz CT molecular complexity index is 164. The van der Waals surface area contributed by atoms with Crippen molar-refractivity contribution in [2.75, 3.05) is 7.11 Å². The molecule has 0 atom stereocenters. The maximum Gasteiger partial charge on any atom is 0.114 e. The average molecular weight is 137 g/mol. The van der Waals surface area contributed by atoms with Gasteiger partial charge in [-0.15, -0.1) is 0 Å². The van der Waals surface area contributed by atoms with Gasteiger partial charge in [0.1, 0.15) is 5.76 Å². The fraction of sp³-hybridized carbons (Fsp3) is 0.222. The minimum Gasteiger partial charge on any atom is -0.497 e. The third-order valence-electron chi connectivity index (χ3n) is 0.969. The van der Waals surface area contributed by atoms with Gasteiger partial charge in [0.05, 0.1) is 7.11 Å². The predicted molar refractivity (Wildman–Crippen MR) is 44.4 cm³/mol. The van der Waals surface area contributed by atoms with Gasteiger partial charge >= 0.3 is 0 Å². The van der Waals surface area contributed by atoms with Crippen LogP contribution < -0.4 is 0 Å². The van der Waals surface area contributed by atoms with Gasteiger partial charge in [-0.05, 0) is 26.0 Å². The topological polar surface area (TPSA) is 9.23 Å². The molecule has 0 aromatic carbocycles. The third kappa shape index (κ3) is 3.96. The van der Waals surface area contributed by atoms with Gasteiger partial charge in [-0.2, -0.15) is 0 Å². The van der Waals surface area contributed by atoms with E-state index in [2.05, 4.69) is 13.5 Å². The molecule has 1 nitrogen and oxygen atoms in total. The molecule has 0 spiro atoms. The van der Waals surface area contributed by atoms with Gasteiger partial charge in [-0.3, -0.25) is 0 Å². The van der Waals surface area contributed by atoms with E-state index in [-0.39, 0.29) is 0 Å². The monoisotopic (exact) mass is 137 g/mol. The van der Waals surface area contributed by atoms with Gasteiger partial charge in [-0.25, -0.2) is 0 Å². The first-order valence-corrected chi connectivity index (χ1v) is 3.07. The Kier molecular flexibility index (Phi) is 4.38. The summed E-state index contributed by atoms with van der Waals surface area (Å²) in [5.74, 6) is 0.753. The quantitative estimate of drug-likeness (QED) is 0.429. The van der Waals surface area contributed by atoms with E-state index in [1.807, 2.05) is 19.1 Å². The van der Waals surface area contributed by atoms with Crippen LogP contribution in [0.3, 0.4) is 0 Å². The highest BCUT2D eigenvalue weighted by Crippen LogP contribution is 1.99. The van der Waals surface area contributed by atoms with Crippen molar-refractivity contribution in [1.29, 1.82) is 0 Å². The minimum absolute atomic E-state index is 0.753. The molecule has 0 aliphatic heterocycles. The molecule has 0 saturated carbocycles.